The van der Waals surface area contributed by atoms with Gasteiger partial charge in [0.1, 0.15) is 6.54 Å². The summed E-state index contributed by atoms with van der Waals surface area (Å²) in [4.78, 5) is 34.3. The minimum atomic E-state index is -1.14. The summed E-state index contributed by atoms with van der Waals surface area (Å²) in [5, 5.41) is 19.4. The number of hydrogen-bond acceptors (Lipinski definition) is 4. The maximum Gasteiger partial charge on any atom is 0.323 e. The highest BCUT2D eigenvalue weighted by molar-refractivity contribution is 6.34. The number of hydrogen-bond donors (Lipinski definition) is 1. The molecule has 0 atom stereocenters. The molecule has 21 heavy (non-hydrogen) atoms. The van der Waals surface area contributed by atoms with E-state index in [2.05, 4.69) is 0 Å². The third-order valence-corrected chi connectivity index (χ3v) is 2.91. The zero-order valence-electron chi connectivity index (χ0n) is 11.6. The molecule has 0 spiro atoms. The van der Waals surface area contributed by atoms with Crippen molar-refractivity contribution in [1.82, 2.24) is 4.90 Å². The summed E-state index contributed by atoms with van der Waals surface area (Å²) in [7, 11) is 0. The normalized spacial score (nSPS) is 10.5. The van der Waals surface area contributed by atoms with E-state index in [4.69, 9.17) is 16.7 Å². The van der Waals surface area contributed by atoms with E-state index in [-0.39, 0.29) is 28.7 Å². The molecule has 114 valence electrons. The molecule has 0 saturated heterocycles. The van der Waals surface area contributed by atoms with Crippen LogP contribution >= 0.6 is 11.6 Å². The van der Waals surface area contributed by atoms with Crippen molar-refractivity contribution in [2.45, 2.75) is 13.8 Å². The molecule has 1 rings (SSSR count). The Hall–Kier alpha value is -2.15. The molecule has 0 aliphatic heterocycles. The van der Waals surface area contributed by atoms with Crippen molar-refractivity contribution in [2.24, 2.45) is 5.92 Å². The van der Waals surface area contributed by atoms with E-state index < -0.39 is 23.3 Å². The Kier molecular flexibility index (Phi) is 5.66. The highest BCUT2D eigenvalue weighted by Crippen LogP contribution is 2.24. The second kappa shape index (κ2) is 7.03. The van der Waals surface area contributed by atoms with Crippen LogP contribution in [-0.4, -0.2) is 39.9 Å². The maximum atomic E-state index is 12.3. The lowest BCUT2D eigenvalue weighted by molar-refractivity contribution is -0.384. The first-order chi connectivity index (χ1) is 9.72. The van der Waals surface area contributed by atoms with Crippen LogP contribution in [0.15, 0.2) is 18.2 Å². The minimum Gasteiger partial charge on any atom is -0.480 e. The summed E-state index contributed by atoms with van der Waals surface area (Å²) in [5.74, 6) is -1.63. The van der Waals surface area contributed by atoms with Crippen molar-refractivity contribution in [2.75, 3.05) is 13.1 Å². The number of halogens is 1. The Morgan fingerprint density at radius 2 is 2.05 bits per heavy atom. The minimum absolute atomic E-state index is 0.0455. The second-order valence-corrected chi connectivity index (χ2v) is 5.30. The van der Waals surface area contributed by atoms with Crippen LogP contribution in [-0.2, 0) is 4.79 Å². The predicted octanol–water partition coefficient (Wildman–Crippen LogP) is 2.43. The van der Waals surface area contributed by atoms with Gasteiger partial charge in [-0.3, -0.25) is 19.7 Å². The highest BCUT2D eigenvalue weighted by atomic mass is 35.5. The smallest absolute Gasteiger partial charge is 0.323 e. The first kappa shape index (κ1) is 16.9. The van der Waals surface area contributed by atoms with Crippen molar-refractivity contribution < 1.29 is 19.6 Å². The molecule has 8 heteroatoms. The predicted molar refractivity (Wildman–Crippen MR) is 76.5 cm³/mol. The Balaban J connectivity index is 3.08. The number of carboxylic acid groups (broad SMARTS) is 1. The van der Waals surface area contributed by atoms with Gasteiger partial charge in [0.25, 0.3) is 11.6 Å². The van der Waals surface area contributed by atoms with Crippen molar-refractivity contribution in [1.29, 1.82) is 0 Å². The number of non-ortho nitro benzene ring substituents is 1. The first-order valence-corrected chi connectivity index (χ1v) is 6.55. The molecule has 0 bridgehead atoms. The van der Waals surface area contributed by atoms with Gasteiger partial charge in [-0.1, -0.05) is 25.4 Å². The van der Waals surface area contributed by atoms with E-state index in [9.17, 15) is 19.7 Å². The van der Waals surface area contributed by atoms with Gasteiger partial charge >= 0.3 is 5.97 Å². The standard InChI is InChI=1S/C13H15ClN2O5/c1-8(2)6-15(7-12(17)18)13(19)10-4-3-9(16(20)21)5-11(10)14/h3-5,8H,6-7H2,1-2H3,(H,17,18). The van der Waals surface area contributed by atoms with Gasteiger partial charge in [-0.15, -0.1) is 0 Å². The van der Waals surface area contributed by atoms with E-state index in [0.29, 0.717) is 0 Å². The SMILES string of the molecule is CC(C)CN(CC(=O)O)C(=O)c1ccc([N+](=O)[O-])cc1Cl. The van der Waals surface area contributed by atoms with Crippen LogP contribution in [0.3, 0.4) is 0 Å². The summed E-state index contributed by atoms with van der Waals surface area (Å²) in [6.07, 6.45) is 0. The molecule has 0 aliphatic rings. The van der Waals surface area contributed by atoms with Crippen molar-refractivity contribution in [3.63, 3.8) is 0 Å². The van der Waals surface area contributed by atoms with Crippen LogP contribution in [0.2, 0.25) is 5.02 Å². The Morgan fingerprint density at radius 1 is 1.43 bits per heavy atom. The third-order valence-electron chi connectivity index (χ3n) is 2.59. The molecule has 1 aromatic rings. The quantitative estimate of drug-likeness (QED) is 0.642. The summed E-state index contributed by atoms with van der Waals surface area (Å²) < 4.78 is 0. The zero-order valence-corrected chi connectivity index (χ0v) is 12.3. The molecule has 0 saturated carbocycles. The number of nitro benzene ring substituents is 1. The third kappa shape index (κ3) is 4.71. The average Bonchev–Trinajstić information content (AvgIpc) is 2.35. The summed E-state index contributed by atoms with van der Waals surface area (Å²) in [6, 6.07) is 3.47. The molecule has 1 amide bonds. The molecule has 1 aromatic carbocycles. The first-order valence-electron chi connectivity index (χ1n) is 6.17. The largest absolute Gasteiger partial charge is 0.480 e. The number of carboxylic acids is 1. The molecule has 0 heterocycles. The maximum absolute atomic E-state index is 12.3. The lowest BCUT2D eigenvalue weighted by atomic mass is 10.1. The molecular formula is C13H15ClN2O5. The molecule has 1 N–H and O–H groups in total. The number of benzene rings is 1. The topological polar surface area (TPSA) is 101 Å². The number of carbonyl (C=O) groups excluding carboxylic acids is 1. The molecule has 0 aliphatic carbocycles. The summed E-state index contributed by atoms with van der Waals surface area (Å²) >= 11 is 5.89. The number of nitrogens with zero attached hydrogens (tertiary/aromatic N) is 2. The fourth-order valence-electron chi connectivity index (χ4n) is 1.78. The van der Waals surface area contributed by atoms with Gasteiger partial charge in [-0.25, -0.2) is 0 Å². The fourth-order valence-corrected chi connectivity index (χ4v) is 2.04. The van der Waals surface area contributed by atoms with Crippen LogP contribution in [0.1, 0.15) is 24.2 Å². The lowest BCUT2D eigenvalue weighted by Crippen LogP contribution is -2.38. The molecular weight excluding hydrogens is 300 g/mol. The number of aliphatic carboxylic acids is 1. The van der Waals surface area contributed by atoms with Crippen LogP contribution < -0.4 is 0 Å². The molecule has 0 fully saturated rings. The van der Waals surface area contributed by atoms with E-state index in [1.165, 1.54) is 6.07 Å². The van der Waals surface area contributed by atoms with Crippen LogP contribution in [0, 0.1) is 16.0 Å². The average molecular weight is 315 g/mol. The Morgan fingerprint density at radius 3 is 2.48 bits per heavy atom. The van der Waals surface area contributed by atoms with E-state index >= 15 is 0 Å². The van der Waals surface area contributed by atoms with Crippen molar-refractivity contribution >= 4 is 29.2 Å². The van der Waals surface area contributed by atoms with Crippen LogP contribution in [0.5, 0.6) is 0 Å². The monoisotopic (exact) mass is 314 g/mol. The number of rotatable bonds is 6. The van der Waals surface area contributed by atoms with E-state index in [1.807, 2.05) is 13.8 Å². The van der Waals surface area contributed by atoms with Crippen molar-refractivity contribution in [3.05, 3.63) is 38.9 Å². The highest BCUT2D eigenvalue weighted by Gasteiger charge is 2.22. The zero-order chi connectivity index (χ0) is 16.2. The number of nitro groups is 1. The van der Waals surface area contributed by atoms with Gasteiger partial charge in [0.15, 0.2) is 0 Å². The van der Waals surface area contributed by atoms with Gasteiger partial charge in [0.05, 0.1) is 15.5 Å². The van der Waals surface area contributed by atoms with Crippen molar-refractivity contribution in [3.8, 4) is 0 Å². The molecule has 0 unspecified atom stereocenters. The number of amides is 1. The van der Waals surface area contributed by atoms with Gasteiger partial charge in [0, 0.05) is 18.7 Å². The van der Waals surface area contributed by atoms with Crippen LogP contribution in [0.25, 0.3) is 0 Å². The van der Waals surface area contributed by atoms with Gasteiger partial charge in [-0.05, 0) is 12.0 Å². The molecule has 7 nitrogen and oxygen atoms in total. The van der Waals surface area contributed by atoms with Gasteiger partial charge in [-0.2, -0.15) is 0 Å². The van der Waals surface area contributed by atoms with E-state index in [0.717, 1.165) is 17.0 Å². The lowest BCUT2D eigenvalue weighted by Gasteiger charge is -2.23. The van der Waals surface area contributed by atoms with Gasteiger partial charge < -0.3 is 10.0 Å². The fraction of sp³-hybridized carbons (Fsp3) is 0.385. The van der Waals surface area contributed by atoms with Gasteiger partial charge in [0.2, 0.25) is 0 Å². The summed E-state index contributed by atoms with van der Waals surface area (Å²) in [5.41, 5.74) is -0.186. The van der Waals surface area contributed by atoms with Crippen LogP contribution in [0.4, 0.5) is 5.69 Å². The Labute approximate surface area is 126 Å². The number of carbonyl (C=O) groups is 2. The molecule has 0 radical (unpaired) electrons. The molecule has 0 aromatic heterocycles. The van der Waals surface area contributed by atoms with E-state index in [1.54, 1.807) is 0 Å². The second-order valence-electron chi connectivity index (χ2n) is 4.89. The Bertz CT molecular complexity index is 574. The summed E-state index contributed by atoms with van der Waals surface area (Å²) in [6.45, 7) is 3.49.